The van der Waals surface area contributed by atoms with Crippen molar-refractivity contribution in [2.24, 2.45) is 5.73 Å². The van der Waals surface area contributed by atoms with E-state index in [9.17, 15) is 9.59 Å². The van der Waals surface area contributed by atoms with Gasteiger partial charge in [0.05, 0.1) is 12.4 Å². The molecular formula is C11H18N4O3. The van der Waals surface area contributed by atoms with Crippen LogP contribution in [0.4, 0.5) is 0 Å². The van der Waals surface area contributed by atoms with Crippen LogP contribution in [0.3, 0.4) is 0 Å². The maximum Gasteiger partial charge on any atom is 0.326 e. The van der Waals surface area contributed by atoms with Crippen LogP contribution in [0.5, 0.6) is 0 Å². The van der Waals surface area contributed by atoms with E-state index < -0.39 is 24.0 Å². The Morgan fingerprint density at radius 2 is 2.33 bits per heavy atom. The van der Waals surface area contributed by atoms with Crippen LogP contribution < -0.4 is 11.1 Å². The maximum absolute atomic E-state index is 11.7. The Bertz CT molecular complexity index is 391. The van der Waals surface area contributed by atoms with Crippen LogP contribution in [-0.2, 0) is 16.0 Å². The standard InChI is InChI=1S/C11H18N4O3/c1-2-3-8(12)10(16)15-9(11(17)18)4-7-5-13-6-14-7/h5-6,8-9H,2-4,12H2,1H3,(H,13,14)(H,15,16)(H,17,18)/t8-,9-/m0/s1. The minimum Gasteiger partial charge on any atom is -0.480 e. The average Bonchev–Trinajstić information content (AvgIpc) is 2.81. The summed E-state index contributed by atoms with van der Waals surface area (Å²) < 4.78 is 0. The van der Waals surface area contributed by atoms with Gasteiger partial charge < -0.3 is 21.1 Å². The Labute approximate surface area is 105 Å². The van der Waals surface area contributed by atoms with Crippen molar-refractivity contribution in [3.8, 4) is 0 Å². The normalized spacial score (nSPS) is 13.9. The molecule has 0 saturated carbocycles. The molecule has 1 amide bonds. The van der Waals surface area contributed by atoms with Crippen LogP contribution in [0.1, 0.15) is 25.5 Å². The van der Waals surface area contributed by atoms with E-state index in [-0.39, 0.29) is 6.42 Å². The average molecular weight is 254 g/mol. The summed E-state index contributed by atoms with van der Waals surface area (Å²) in [6.45, 7) is 1.91. The summed E-state index contributed by atoms with van der Waals surface area (Å²) >= 11 is 0. The van der Waals surface area contributed by atoms with Crippen molar-refractivity contribution < 1.29 is 14.7 Å². The number of hydrogen-bond acceptors (Lipinski definition) is 4. The van der Waals surface area contributed by atoms with Crippen LogP contribution in [0, 0.1) is 0 Å². The minimum absolute atomic E-state index is 0.153. The summed E-state index contributed by atoms with van der Waals surface area (Å²) in [5, 5.41) is 11.5. The molecule has 0 saturated heterocycles. The predicted molar refractivity (Wildman–Crippen MR) is 64.7 cm³/mol. The highest BCUT2D eigenvalue weighted by Gasteiger charge is 2.23. The lowest BCUT2D eigenvalue weighted by atomic mass is 10.1. The fraction of sp³-hybridized carbons (Fsp3) is 0.545. The van der Waals surface area contributed by atoms with Crippen molar-refractivity contribution in [2.45, 2.75) is 38.3 Å². The topological polar surface area (TPSA) is 121 Å². The van der Waals surface area contributed by atoms with E-state index >= 15 is 0 Å². The first-order chi connectivity index (χ1) is 8.54. The number of imidazole rings is 1. The molecule has 18 heavy (non-hydrogen) atoms. The van der Waals surface area contributed by atoms with E-state index in [1.807, 2.05) is 6.92 Å². The van der Waals surface area contributed by atoms with Crippen molar-refractivity contribution >= 4 is 11.9 Å². The van der Waals surface area contributed by atoms with E-state index in [0.717, 1.165) is 6.42 Å². The molecular weight excluding hydrogens is 236 g/mol. The van der Waals surface area contributed by atoms with Crippen LogP contribution >= 0.6 is 0 Å². The van der Waals surface area contributed by atoms with Gasteiger partial charge in [0.2, 0.25) is 5.91 Å². The van der Waals surface area contributed by atoms with Gasteiger partial charge in [-0.15, -0.1) is 0 Å². The summed E-state index contributed by atoms with van der Waals surface area (Å²) in [5.74, 6) is -1.54. The molecule has 0 aliphatic heterocycles. The van der Waals surface area contributed by atoms with Gasteiger partial charge in [-0.3, -0.25) is 4.79 Å². The number of rotatable bonds is 7. The summed E-state index contributed by atoms with van der Waals surface area (Å²) in [6.07, 6.45) is 4.43. The fourth-order valence-corrected chi connectivity index (χ4v) is 1.54. The Kier molecular flexibility index (Phi) is 5.31. The number of hydrogen-bond donors (Lipinski definition) is 4. The monoisotopic (exact) mass is 254 g/mol. The van der Waals surface area contributed by atoms with Crippen molar-refractivity contribution in [1.82, 2.24) is 15.3 Å². The van der Waals surface area contributed by atoms with E-state index in [1.54, 1.807) is 0 Å². The molecule has 0 radical (unpaired) electrons. The number of carbonyl (C=O) groups excluding carboxylic acids is 1. The first-order valence-electron chi connectivity index (χ1n) is 5.80. The molecule has 7 heteroatoms. The largest absolute Gasteiger partial charge is 0.480 e. The van der Waals surface area contributed by atoms with Crippen molar-refractivity contribution in [3.63, 3.8) is 0 Å². The molecule has 1 heterocycles. The van der Waals surface area contributed by atoms with Gasteiger partial charge in [-0.25, -0.2) is 9.78 Å². The molecule has 2 atom stereocenters. The molecule has 7 nitrogen and oxygen atoms in total. The number of amides is 1. The summed E-state index contributed by atoms with van der Waals surface area (Å²) in [7, 11) is 0. The van der Waals surface area contributed by atoms with E-state index in [2.05, 4.69) is 15.3 Å². The summed E-state index contributed by atoms with van der Waals surface area (Å²) in [4.78, 5) is 29.3. The van der Waals surface area contributed by atoms with Crippen molar-refractivity contribution in [2.75, 3.05) is 0 Å². The molecule has 1 aromatic rings. The van der Waals surface area contributed by atoms with Crippen LogP contribution in [0.15, 0.2) is 12.5 Å². The Balaban J connectivity index is 2.58. The predicted octanol–water partition coefficient (Wildman–Crippen LogP) is -0.351. The quantitative estimate of drug-likeness (QED) is 0.530. The molecule has 0 bridgehead atoms. The number of nitrogens with two attached hydrogens (primary N) is 1. The third kappa shape index (κ3) is 4.17. The zero-order valence-electron chi connectivity index (χ0n) is 10.2. The second-order valence-corrected chi connectivity index (χ2v) is 4.08. The molecule has 0 unspecified atom stereocenters. The molecule has 0 fully saturated rings. The molecule has 100 valence electrons. The summed E-state index contributed by atoms with van der Waals surface area (Å²) in [6, 6.07) is -1.67. The highest BCUT2D eigenvalue weighted by atomic mass is 16.4. The minimum atomic E-state index is -1.10. The van der Waals surface area contributed by atoms with Crippen LogP contribution in [0.2, 0.25) is 0 Å². The third-order valence-electron chi connectivity index (χ3n) is 2.53. The van der Waals surface area contributed by atoms with Crippen molar-refractivity contribution in [1.29, 1.82) is 0 Å². The molecule has 5 N–H and O–H groups in total. The number of carbonyl (C=O) groups is 2. The van der Waals surface area contributed by atoms with Gasteiger partial charge in [0.25, 0.3) is 0 Å². The number of aromatic nitrogens is 2. The van der Waals surface area contributed by atoms with Crippen LogP contribution in [0.25, 0.3) is 0 Å². The zero-order chi connectivity index (χ0) is 13.5. The highest BCUT2D eigenvalue weighted by Crippen LogP contribution is 2.00. The molecule has 1 aromatic heterocycles. The lowest BCUT2D eigenvalue weighted by molar-refractivity contribution is -0.142. The highest BCUT2D eigenvalue weighted by molar-refractivity contribution is 5.86. The third-order valence-corrected chi connectivity index (χ3v) is 2.53. The number of aliphatic carboxylic acids is 1. The van der Waals surface area contributed by atoms with Gasteiger partial charge in [-0.2, -0.15) is 0 Å². The lowest BCUT2D eigenvalue weighted by Gasteiger charge is -2.16. The van der Waals surface area contributed by atoms with E-state index in [0.29, 0.717) is 12.1 Å². The second kappa shape index (κ2) is 6.75. The first-order valence-corrected chi connectivity index (χ1v) is 5.80. The van der Waals surface area contributed by atoms with Gasteiger partial charge >= 0.3 is 5.97 Å². The molecule has 0 spiro atoms. The fourth-order valence-electron chi connectivity index (χ4n) is 1.54. The second-order valence-electron chi connectivity index (χ2n) is 4.08. The Morgan fingerprint density at radius 1 is 1.61 bits per heavy atom. The number of aromatic amines is 1. The van der Waals surface area contributed by atoms with Gasteiger partial charge in [0.1, 0.15) is 6.04 Å². The van der Waals surface area contributed by atoms with Gasteiger partial charge in [-0.1, -0.05) is 13.3 Å². The molecule has 0 aliphatic carbocycles. The molecule has 0 aromatic carbocycles. The van der Waals surface area contributed by atoms with Gasteiger partial charge in [-0.05, 0) is 6.42 Å². The van der Waals surface area contributed by atoms with Crippen LogP contribution in [-0.4, -0.2) is 39.0 Å². The van der Waals surface area contributed by atoms with E-state index in [4.69, 9.17) is 10.8 Å². The maximum atomic E-state index is 11.7. The Hall–Kier alpha value is -1.89. The smallest absolute Gasteiger partial charge is 0.326 e. The van der Waals surface area contributed by atoms with Gasteiger partial charge in [0, 0.05) is 18.3 Å². The first kappa shape index (κ1) is 14.2. The summed E-state index contributed by atoms with van der Waals surface area (Å²) in [5.41, 5.74) is 6.27. The number of nitrogens with zero attached hydrogens (tertiary/aromatic N) is 1. The van der Waals surface area contributed by atoms with Crippen molar-refractivity contribution in [3.05, 3.63) is 18.2 Å². The number of carboxylic acids is 1. The Morgan fingerprint density at radius 3 is 2.83 bits per heavy atom. The van der Waals surface area contributed by atoms with Gasteiger partial charge in [0.15, 0.2) is 0 Å². The number of carboxylic acid groups (broad SMARTS) is 1. The lowest BCUT2D eigenvalue weighted by Crippen LogP contribution is -2.49. The zero-order valence-corrected chi connectivity index (χ0v) is 10.2. The molecule has 0 aliphatic rings. The SMILES string of the molecule is CCC[C@H](N)C(=O)N[C@@H](Cc1cnc[nH]1)C(=O)O. The van der Waals surface area contributed by atoms with E-state index in [1.165, 1.54) is 12.5 Å². The number of H-pyrrole nitrogens is 1. The molecule has 1 rings (SSSR count). The number of nitrogens with one attached hydrogen (secondary N) is 2.